The van der Waals surface area contributed by atoms with Crippen molar-refractivity contribution in [3.8, 4) is 0 Å². The van der Waals surface area contributed by atoms with Crippen molar-refractivity contribution in [2.75, 3.05) is 31.6 Å². The molecule has 0 spiro atoms. The molecule has 2 aliphatic heterocycles. The Hall–Kier alpha value is -1.56. The molecule has 98 valence electrons. The predicted octanol–water partition coefficient (Wildman–Crippen LogP) is 0.636. The summed E-state index contributed by atoms with van der Waals surface area (Å²) >= 11 is 0. The number of fused-ring (bicyclic) bond motifs is 3. The Labute approximate surface area is 106 Å². The van der Waals surface area contributed by atoms with Gasteiger partial charge in [-0.05, 0) is 19.9 Å². The van der Waals surface area contributed by atoms with Crippen LogP contribution in [-0.4, -0.2) is 42.0 Å². The van der Waals surface area contributed by atoms with E-state index >= 15 is 0 Å². The lowest BCUT2D eigenvalue weighted by Crippen LogP contribution is -2.44. The maximum atomic E-state index is 11.7. The summed E-state index contributed by atoms with van der Waals surface area (Å²) in [6.45, 7) is 5.13. The van der Waals surface area contributed by atoms with Crippen LogP contribution < -0.4 is 10.6 Å². The summed E-state index contributed by atoms with van der Waals surface area (Å²) in [5.74, 6) is 1.13. The molecule has 2 aliphatic rings. The smallest absolute Gasteiger partial charge is 0.358 e. The third-order valence-corrected chi connectivity index (χ3v) is 3.65. The molecule has 2 unspecified atom stereocenters. The van der Waals surface area contributed by atoms with Crippen LogP contribution in [0.2, 0.25) is 0 Å². The van der Waals surface area contributed by atoms with Crippen LogP contribution in [0.25, 0.3) is 0 Å². The summed E-state index contributed by atoms with van der Waals surface area (Å²) in [7, 11) is 0. The zero-order chi connectivity index (χ0) is 12.5. The zero-order valence-electron chi connectivity index (χ0n) is 10.5. The summed E-state index contributed by atoms with van der Waals surface area (Å²) in [4.78, 5) is 11.7. The van der Waals surface area contributed by atoms with E-state index in [0.717, 1.165) is 31.9 Å². The number of esters is 1. The lowest BCUT2D eigenvalue weighted by atomic mass is 9.92. The molecule has 18 heavy (non-hydrogen) atoms. The third-order valence-electron chi connectivity index (χ3n) is 3.65. The Morgan fingerprint density at radius 3 is 3.33 bits per heavy atom. The van der Waals surface area contributed by atoms with Crippen molar-refractivity contribution in [3.63, 3.8) is 0 Å². The van der Waals surface area contributed by atoms with Gasteiger partial charge in [-0.3, -0.25) is 0 Å². The van der Waals surface area contributed by atoms with Crippen LogP contribution in [0.5, 0.6) is 0 Å². The number of carbonyl (C=O) groups is 1. The Kier molecular flexibility index (Phi) is 2.95. The van der Waals surface area contributed by atoms with Crippen molar-refractivity contribution in [2.24, 2.45) is 5.92 Å². The number of ether oxygens (including phenoxy) is 1. The van der Waals surface area contributed by atoms with Crippen molar-refractivity contribution < 1.29 is 9.53 Å². The maximum absolute atomic E-state index is 11.7. The van der Waals surface area contributed by atoms with Gasteiger partial charge in [0, 0.05) is 25.1 Å². The fourth-order valence-electron chi connectivity index (χ4n) is 2.76. The highest BCUT2D eigenvalue weighted by Crippen LogP contribution is 2.32. The van der Waals surface area contributed by atoms with Gasteiger partial charge in [-0.15, -0.1) is 0 Å². The van der Waals surface area contributed by atoms with Crippen LogP contribution in [-0.2, 0) is 4.74 Å². The summed E-state index contributed by atoms with van der Waals surface area (Å²) in [6, 6.07) is 2.18. The molecular weight excluding hydrogens is 232 g/mol. The highest BCUT2D eigenvalue weighted by atomic mass is 16.5. The van der Waals surface area contributed by atoms with Gasteiger partial charge in [0.25, 0.3) is 0 Å². The first kappa shape index (κ1) is 11.5. The molecule has 2 N–H and O–H groups in total. The molecule has 0 radical (unpaired) electrons. The van der Waals surface area contributed by atoms with Crippen molar-refractivity contribution in [1.82, 2.24) is 15.1 Å². The van der Waals surface area contributed by atoms with E-state index in [2.05, 4.69) is 15.7 Å². The molecule has 0 saturated carbocycles. The van der Waals surface area contributed by atoms with E-state index in [9.17, 15) is 4.79 Å². The highest BCUT2D eigenvalue weighted by Gasteiger charge is 2.33. The van der Waals surface area contributed by atoms with E-state index in [1.165, 1.54) is 0 Å². The quantitative estimate of drug-likeness (QED) is 0.754. The molecule has 0 aromatic carbocycles. The molecule has 0 aliphatic carbocycles. The minimum absolute atomic E-state index is 0.341. The monoisotopic (exact) mass is 250 g/mol. The number of rotatable bonds is 2. The molecule has 1 aromatic heterocycles. The van der Waals surface area contributed by atoms with Gasteiger partial charge < -0.3 is 15.4 Å². The van der Waals surface area contributed by atoms with Crippen molar-refractivity contribution >= 4 is 11.8 Å². The fourth-order valence-corrected chi connectivity index (χ4v) is 2.76. The number of hydrogen-bond donors (Lipinski definition) is 2. The highest BCUT2D eigenvalue weighted by molar-refractivity contribution is 5.88. The zero-order valence-corrected chi connectivity index (χ0v) is 10.5. The van der Waals surface area contributed by atoms with Crippen LogP contribution in [0, 0.1) is 5.92 Å². The molecule has 1 saturated heterocycles. The molecule has 2 atom stereocenters. The van der Waals surface area contributed by atoms with E-state index < -0.39 is 0 Å². The van der Waals surface area contributed by atoms with E-state index in [-0.39, 0.29) is 5.97 Å². The first-order valence-electron chi connectivity index (χ1n) is 6.51. The van der Waals surface area contributed by atoms with Gasteiger partial charge in [-0.25, -0.2) is 9.48 Å². The second-order valence-corrected chi connectivity index (χ2v) is 4.78. The van der Waals surface area contributed by atoms with Gasteiger partial charge >= 0.3 is 5.97 Å². The van der Waals surface area contributed by atoms with E-state index in [1.54, 1.807) is 13.0 Å². The minimum Gasteiger partial charge on any atom is -0.461 e. The summed E-state index contributed by atoms with van der Waals surface area (Å²) in [6.07, 6.45) is 1.06. The molecule has 0 bridgehead atoms. The standard InChI is InChI=1S/C12H18N4O2/c1-2-18-12(17)9-5-11-14-7-8-6-13-4-3-10(8)16(11)15-9/h5,8,10,13-14H,2-4,6-7H2,1H3. The van der Waals surface area contributed by atoms with Gasteiger partial charge in [0.1, 0.15) is 5.82 Å². The number of aromatic nitrogens is 2. The predicted molar refractivity (Wildman–Crippen MR) is 66.7 cm³/mol. The van der Waals surface area contributed by atoms with Crippen LogP contribution in [0.3, 0.4) is 0 Å². The Bertz CT molecular complexity index is 457. The Morgan fingerprint density at radius 1 is 1.61 bits per heavy atom. The van der Waals surface area contributed by atoms with Gasteiger partial charge in [0.15, 0.2) is 5.69 Å². The molecule has 0 amide bonds. The largest absolute Gasteiger partial charge is 0.461 e. The normalized spacial score (nSPS) is 25.8. The number of piperidine rings is 1. The summed E-state index contributed by atoms with van der Waals surface area (Å²) in [5.41, 5.74) is 0.401. The number of hydrogen-bond acceptors (Lipinski definition) is 5. The van der Waals surface area contributed by atoms with Gasteiger partial charge in [0.05, 0.1) is 12.6 Å². The summed E-state index contributed by atoms with van der Waals surface area (Å²) in [5, 5.41) is 11.1. The van der Waals surface area contributed by atoms with Crippen molar-refractivity contribution in [1.29, 1.82) is 0 Å². The minimum atomic E-state index is -0.341. The van der Waals surface area contributed by atoms with Crippen LogP contribution in [0.1, 0.15) is 29.9 Å². The van der Waals surface area contributed by atoms with Crippen LogP contribution in [0.15, 0.2) is 6.07 Å². The molecule has 6 nitrogen and oxygen atoms in total. The van der Waals surface area contributed by atoms with Crippen LogP contribution in [0.4, 0.5) is 5.82 Å². The van der Waals surface area contributed by atoms with Gasteiger partial charge in [-0.1, -0.05) is 0 Å². The first-order valence-corrected chi connectivity index (χ1v) is 6.51. The van der Waals surface area contributed by atoms with Gasteiger partial charge in [-0.2, -0.15) is 5.10 Å². The first-order chi connectivity index (χ1) is 8.79. The average molecular weight is 250 g/mol. The number of carbonyl (C=O) groups excluding carboxylic acids is 1. The molecule has 3 rings (SSSR count). The van der Waals surface area contributed by atoms with Crippen molar-refractivity contribution in [3.05, 3.63) is 11.8 Å². The Morgan fingerprint density at radius 2 is 2.50 bits per heavy atom. The second kappa shape index (κ2) is 4.61. The number of anilines is 1. The SMILES string of the molecule is CCOC(=O)c1cc2n(n1)C1CCNCC1CN2. The van der Waals surface area contributed by atoms with E-state index in [1.807, 2.05) is 4.68 Å². The average Bonchev–Trinajstić information content (AvgIpc) is 2.83. The third kappa shape index (κ3) is 1.86. The Balaban J connectivity index is 1.87. The van der Waals surface area contributed by atoms with Crippen LogP contribution >= 0.6 is 0 Å². The topological polar surface area (TPSA) is 68.2 Å². The molecule has 3 heterocycles. The van der Waals surface area contributed by atoms with E-state index in [0.29, 0.717) is 24.3 Å². The maximum Gasteiger partial charge on any atom is 0.358 e. The molecular formula is C12H18N4O2. The second-order valence-electron chi connectivity index (χ2n) is 4.78. The summed E-state index contributed by atoms with van der Waals surface area (Å²) < 4.78 is 6.95. The fraction of sp³-hybridized carbons (Fsp3) is 0.667. The lowest BCUT2D eigenvalue weighted by Gasteiger charge is -2.37. The van der Waals surface area contributed by atoms with Gasteiger partial charge in [0.2, 0.25) is 0 Å². The molecule has 1 aromatic rings. The molecule has 6 heteroatoms. The number of nitrogens with zero attached hydrogens (tertiary/aromatic N) is 2. The van der Waals surface area contributed by atoms with E-state index in [4.69, 9.17) is 4.74 Å². The lowest BCUT2D eigenvalue weighted by molar-refractivity contribution is 0.0517. The molecule has 1 fully saturated rings. The number of nitrogens with one attached hydrogen (secondary N) is 2. The van der Waals surface area contributed by atoms with Crippen molar-refractivity contribution in [2.45, 2.75) is 19.4 Å².